The second-order valence-corrected chi connectivity index (χ2v) is 5.90. The minimum Gasteiger partial charge on any atom is -0.378 e. The number of halogens is 1. The zero-order valence-electron chi connectivity index (χ0n) is 8.78. The fourth-order valence-corrected chi connectivity index (χ4v) is 3.31. The van der Waals surface area contributed by atoms with Crippen LogP contribution in [0, 0.1) is 5.92 Å². The Labute approximate surface area is 99.4 Å². The molecular formula is C11H16ClNOS. The van der Waals surface area contributed by atoms with E-state index in [-0.39, 0.29) is 6.04 Å². The van der Waals surface area contributed by atoms with Gasteiger partial charge in [-0.25, -0.2) is 0 Å². The lowest BCUT2D eigenvalue weighted by Gasteiger charge is -2.21. The molecule has 0 aromatic carbocycles. The summed E-state index contributed by atoms with van der Waals surface area (Å²) in [4.78, 5) is 1.27. The fraction of sp³-hybridized carbons (Fsp3) is 0.636. The van der Waals surface area contributed by atoms with Gasteiger partial charge in [-0.05, 0) is 31.9 Å². The second kappa shape index (κ2) is 4.83. The topological polar surface area (TPSA) is 35.2 Å². The number of nitrogens with two attached hydrogens (primary N) is 1. The Kier molecular flexibility index (Phi) is 3.67. The van der Waals surface area contributed by atoms with E-state index in [1.54, 1.807) is 11.3 Å². The van der Waals surface area contributed by atoms with Gasteiger partial charge < -0.3 is 10.5 Å². The van der Waals surface area contributed by atoms with Crippen LogP contribution in [0.3, 0.4) is 0 Å². The quantitative estimate of drug-likeness (QED) is 0.889. The molecule has 0 aliphatic carbocycles. The van der Waals surface area contributed by atoms with Gasteiger partial charge in [-0.3, -0.25) is 0 Å². The van der Waals surface area contributed by atoms with Gasteiger partial charge in [-0.1, -0.05) is 11.6 Å². The summed E-state index contributed by atoms with van der Waals surface area (Å²) in [5.41, 5.74) is 6.19. The van der Waals surface area contributed by atoms with Gasteiger partial charge in [0.15, 0.2) is 0 Å². The molecule has 4 heteroatoms. The molecule has 1 aliphatic rings. The SMILES string of the molecule is CC1OCCC1C(N)Cc1ccc(Cl)s1. The molecule has 0 bridgehead atoms. The third kappa shape index (κ3) is 2.72. The average Bonchev–Trinajstić information content (AvgIpc) is 2.75. The van der Waals surface area contributed by atoms with Crippen molar-refractivity contribution in [3.8, 4) is 0 Å². The molecular weight excluding hydrogens is 230 g/mol. The molecule has 3 atom stereocenters. The molecule has 1 aliphatic heterocycles. The average molecular weight is 246 g/mol. The summed E-state index contributed by atoms with van der Waals surface area (Å²) in [5.74, 6) is 0.492. The van der Waals surface area contributed by atoms with Crippen molar-refractivity contribution in [3.05, 3.63) is 21.3 Å². The van der Waals surface area contributed by atoms with E-state index in [0.717, 1.165) is 23.8 Å². The van der Waals surface area contributed by atoms with Crippen LogP contribution in [0.4, 0.5) is 0 Å². The van der Waals surface area contributed by atoms with Gasteiger partial charge in [-0.2, -0.15) is 0 Å². The molecule has 1 aromatic rings. The third-order valence-electron chi connectivity index (χ3n) is 3.05. The van der Waals surface area contributed by atoms with Crippen LogP contribution < -0.4 is 5.73 Å². The molecule has 0 amide bonds. The van der Waals surface area contributed by atoms with Gasteiger partial charge in [0.1, 0.15) is 0 Å². The van der Waals surface area contributed by atoms with Crippen molar-refractivity contribution < 1.29 is 4.74 Å². The van der Waals surface area contributed by atoms with Gasteiger partial charge in [0.25, 0.3) is 0 Å². The molecule has 2 heterocycles. The number of hydrogen-bond acceptors (Lipinski definition) is 3. The minimum atomic E-state index is 0.192. The lowest BCUT2D eigenvalue weighted by atomic mass is 9.91. The van der Waals surface area contributed by atoms with Gasteiger partial charge in [-0.15, -0.1) is 11.3 Å². The second-order valence-electron chi connectivity index (χ2n) is 4.10. The Bertz CT molecular complexity index is 328. The Hall–Kier alpha value is -0.0900. The van der Waals surface area contributed by atoms with Crippen molar-refractivity contribution in [1.82, 2.24) is 0 Å². The zero-order valence-corrected chi connectivity index (χ0v) is 10.4. The standard InChI is InChI=1S/C11H16ClNOS/c1-7-9(4-5-14-7)10(13)6-8-2-3-11(12)15-8/h2-3,7,9-10H,4-6,13H2,1H3. The van der Waals surface area contributed by atoms with Crippen molar-refractivity contribution >= 4 is 22.9 Å². The molecule has 84 valence electrons. The predicted molar refractivity (Wildman–Crippen MR) is 64.5 cm³/mol. The summed E-state index contributed by atoms with van der Waals surface area (Å²) < 4.78 is 6.37. The van der Waals surface area contributed by atoms with Crippen LogP contribution in [0.25, 0.3) is 0 Å². The molecule has 2 nitrogen and oxygen atoms in total. The normalized spacial score (nSPS) is 28.2. The van der Waals surface area contributed by atoms with Crippen LogP contribution in [-0.2, 0) is 11.2 Å². The van der Waals surface area contributed by atoms with Gasteiger partial charge >= 0.3 is 0 Å². The molecule has 1 saturated heterocycles. The van der Waals surface area contributed by atoms with E-state index >= 15 is 0 Å². The van der Waals surface area contributed by atoms with Crippen molar-refractivity contribution in [2.75, 3.05) is 6.61 Å². The molecule has 0 saturated carbocycles. The van der Waals surface area contributed by atoms with E-state index in [4.69, 9.17) is 22.1 Å². The maximum Gasteiger partial charge on any atom is 0.0931 e. The Morgan fingerprint density at radius 2 is 2.47 bits per heavy atom. The highest BCUT2D eigenvalue weighted by molar-refractivity contribution is 7.16. The summed E-state index contributed by atoms with van der Waals surface area (Å²) in [7, 11) is 0. The van der Waals surface area contributed by atoms with Gasteiger partial charge in [0.05, 0.1) is 10.4 Å². The first-order valence-corrected chi connectivity index (χ1v) is 6.47. The van der Waals surface area contributed by atoms with Crippen LogP contribution in [0.15, 0.2) is 12.1 Å². The number of hydrogen-bond donors (Lipinski definition) is 1. The molecule has 2 rings (SSSR count). The summed E-state index contributed by atoms with van der Waals surface area (Å²) >= 11 is 7.51. The smallest absolute Gasteiger partial charge is 0.0931 e. The Morgan fingerprint density at radius 3 is 3.00 bits per heavy atom. The Balaban J connectivity index is 1.94. The zero-order chi connectivity index (χ0) is 10.8. The minimum absolute atomic E-state index is 0.192. The third-order valence-corrected chi connectivity index (χ3v) is 4.30. The molecule has 0 radical (unpaired) electrons. The molecule has 3 unspecified atom stereocenters. The van der Waals surface area contributed by atoms with Crippen molar-refractivity contribution in [1.29, 1.82) is 0 Å². The number of rotatable bonds is 3. The maximum atomic E-state index is 6.19. The predicted octanol–water partition coefficient (Wildman–Crippen LogP) is 2.70. The van der Waals surface area contributed by atoms with E-state index in [1.807, 2.05) is 6.07 Å². The van der Waals surface area contributed by atoms with E-state index in [9.17, 15) is 0 Å². The molecule has 1 fully saturated rings. The lowest BCUT2D eigenvalue weighted by molar-refractivity contribution is 0.0995. The largest absolute Gasteiger partial charge is 0.378 e. The lowest BCUT2D eigenvalue weighted by Crippen LogP contribution is -2.35. The van der Waals surface area contributed by atoms with Crippen molar-refractivity contribution in [2.45, 2.75) is 31.9 Å². The highest BCUT2D eigenvalue weighted by Crippen LogP contribution is 2.28. The van der Waals surface area contributed by atoms with Crippen molar-refractivity contribution in [3.63, 3.8) is 0 Å². The van der Waals surface area contributed by atoms with Crippen LogP contribution >= 0.6 is 22.9 Å². The van der Waals surface area contributed by atoms with Gasteiger partial charge in [0, 0.05) is 23.4 Å². The first-order chi connectivity index (χ1) is 7.16. The van der Waals surface area contributed by atoms with Crippen LogP contribution in [-0.4, -0.2) is 18.8 Å². The van der Waals surface area contributed by atoms with Crippen LogP contribution in [0.2, 0.25) is 4.34 Å². The first-order valence-electron chi connectivity index (χ1n) is 5.28. The van der Waals surface area contributed by atoms with Crippen LogP contribution in [0.1, 0.15) is 18.2 Å². The van der Waals surface area contributed by atoms with E-state index in [1.165, 1.54) is 4.88 Å². The van der Waals surface area contributed by atoms with E-state index in [0.29, 0.717) is 12.0 Å². The van der Waals surface area contributed by atoms with Gasteiger partial charge in [0.2, 0.25) is 0 Å². The molecule has 1 aromatic heterocycles. The summed E-state index contributed by atoms with van der Waals surface area (Å²) in [6.07, 6.45) is 2.30. The summed E-state index contributed by atoms with van der Waals surface area (Å²) in [6.45, 7) is 2.96. The first kappa shape index (κ1) is 11.4. The summed E-state index contributed by atoms with van der Waals surface area (Å²) in [5, 5.41) is 0. The maximum absolute atomic E-state index is 6.19. The molecule has 0 spiro atoms. The number of thiophene rings is 1. The summed E-state index contributed by atoms with van der Waals surface area (Å²) in [6, 6.07) is 4.19. The Morgan fingerprint density at radius 1 is 1.67 bits per heavy atom. The van der Waals surface area contributed by atoms with E-state index in [2.05, 4.69) is 13.0 Å². The fourth-order valence-electron chi connectivity index (χ4n) is 2.16. The van der Waals surface area contributed by atoms with Crippen LogP contribution in [0.5, 0.6) is 0 Å². The molecule has 15 heavy (non-hydrogen) atoms. The van der Waals surface area contributed by atoms with Crippen molar-refractivity contribution in [2.24, 2.45) is 11.7 Å². The highest BCUT2D eigenvalue weighted by atomic mass is 35.5. The molecule has 2 N–H and O–H groups in total. The highest BCUT2D eigenvalue weighted by Gasteiger charge is 2.29. The van der Waals surface area contributed by atoms with E-state index < -0.39 is 0 Å². The monoisotopic (exact) mass is 245 g/mol. The number of ether oxygens (including phenoxy) is 1.